The van der Waals surface area contributed by atoms with Gasteiger partial charge in [0.2, 0.25) is 0 Å². The smallest absolute Gasteiger partial charge is 0.292 e. The minimum Gasteiger partial charge on any atom is -0.470 e. The summed E-state index contributed by atoms with van der Waals surface area (Å²) in [6.07, 6.45) is 3.88. The van der Waals surface area contributed by atoms with Crippen LogP contribution in [0.15, 0.2) is 35.1 Å². The highest BCUT2D eigenvalue weighted by Gasteiger charge is 2.14. The number of rotatable bonds is 10. The number of oxazole rings is 1. The Morgan fingerprint density at radius 2 is 2.17 bits per heavy atom. The predicted octanol–water partition coefficient (Wildman–Crippen LogP) is 4.40. The van der Waals surface area contributed by atoms with E-state index in [2.05, 4.69) is 34.0 Å². The first-order valence-electron chi connectivity index (χ1n) is 9.63. The van der Waals surface area contributed by atoms with Crippen LogP contribution >= 0.6 is 22.9 Å². The molecule has 0 aliphatic heterocycles. The van der Waals surface area contributed by atoms with Gasteiger partial charge in [0.15, 0.2) is 5.69 Å². The molecule has 0 saturated carbocycles. The third-order valence-electron chi connectivity index (χ3n) is 4.48. The van der Waals surface area contributed by atoms with Crippen LogP contribution in [0.4, 0.5) is 11.7 Å². The van der Waals surface area contributed by atoms with E-state index >= 15 is 0 Å². The highest BCUT2D eigenvalue weighted by atomic mass is 35.5. The van der Waals surface area contributed by atoms with E-state index in [-0.39, 0.29) is 11.7 Å². The van der Waals surface area contributed by atoms with E-state index in [1.807, 2.05) is 6.07 Å². The van der Waals surface area contributed by atoms with Gasteiger partial charge in [-0.1, -0.05) is 42.9 Å². The summed E-state index contributed by atoms with van der Waals surface area (Å²) < 4.78 is 10.6. The number of nitrogens with two attached hydrogens (primary N) is 1. The summed E-state index contributed by atoms with van der Waals surface area (Å²) in [5, 5.41) is 3.74. The lowest BCUT2D eigenvalue weighted by molar-refractivity contribution is 0.102. The monoisotopic (exact) mass is 449 g/mol. The first-order chi connectivity index (χ1) is 14.5. The average Bonchev–Trinajstić information content (AvgIpc) is 3.39. The molecule has 10 heteroatoms. The number of hydrogen-bond donors (Lipinski definition) is 2. The van der Waals surface area contributed by atoms with Crippen molar-refractivity contribution in [3.05, 3.63) is 41.4 Å². The van der Waals surface area contributed by atoms with E-state index in [0.717, 1.165) is 36.5 Å². The van der Waals surface area contributed by atoms with Gasteiger partial charge in [-0.05, 0) is 37.2 Å². The minimum atomic E-state index is -0.462. The maximum absolute atomic E-state index is 12.3. The average molecular weight is 450 g/mol. The molecule has 0 spiro atoms. The largest absolute Gasteiger partial charge is 0.470 e. The van der Waals surface area contributed by atoms with Crippen molar-refractivity contribution in [2.75, 3.05) is 37.3 Å². The summed E-state index contributed by atoms with van der Waals surface area (Å²) in [6.45, 7) is 8.01. The second kappa shape index (κ2) is 10.4. The number of aromatic nitrogens is 2. The van der Waals surface area contributed by atoms with Crippen molar-refractivity contribution >= 4 is 40.5 Å². The van der Waals surface area contributed by atoms with Crippen molar-refractivity contribution in [1.29, 1.82) is 0 Å². The fourth-order valence-electron chi connectivity index (χ4n) is 2.80. The molecule has 3 rings (SSSR count). The van der Waals surface area contributed by atoms with E-state index in [1.165, 1.54) is 17.6 Å². The van der Waals surface area contributed by atoms with E-state index in [1.54, 1.807) is 18.3 Å². The summed E-state index contributed by atoms with van der Waals surface area (Å²) >= 11 is 7.68. The van der Waals surface area contributed by atoms with Crippen molar-refractivity contribution < 1.29 is 13.9 Å². The molecule has 0 fully saturated rings. The van der Waals surface area contributed by atoms with Crippen LogP contribution in [0.3, 0.4) is 0 Å². The molecule has 1 aromatic carbocycles. The second-order valence-corrected chi connectivity index (χ2v) is 7.84. The number of thiazole rings is 1. The van der Waals surface area contributed by atoms with Crippen LogP contribution in [-0.2, 0) is 0 Å². The van der Waals surface area contributed by atoms with Crippen molar-refractivity contribution in [1.82, 2.24) is 14.9 Å². The van der Waals surface area contributed by atoms with Crippen molar-refractivity contribution in [3.63, 3.8) is 0 Å². The van der Waals surface area contributed by atoms with Crippen LogP contribution in [0.1, 0.15) is 30.8 Å². The number of carbonyl (C=O) groups excluding carboxylic acids is 1. The molecule has 8 nitrogen and oxygen atoms in total. The summed E-state index contributed by atoms with van der Waals surface area (Å²) in [5.41, 5.74) is 6.81. The lowest BCUT2D eigenvalue weighted by atomic mass is 10.2. The molecule has 2 heterocycles. The number of nitrogens with one attached hydrogen (secondary N) is 1. The van der Waals surface area contributed by atoms with Gasteiger partial charge >= 0.3 is 0 Å². The molecule has 0 aliphatic rings. The van der Waals surface area contributed by atoms with E-state index < -0.39 is 5.91 Å². The zero-order valence-electron chi connectivity index (χ0n) is 16.9. The highest BCUT2D eigenvalue weighted by Crippen LogP contribution is 2.34. The molecule has 3 aromatic rings. The number of benzene rings is 1. The topological polar surface area (TPSA) is 107 Å². The van der Waals surface area contributed by atoms with Crippen LogP contribution < -0.4 is 15.8 Å². The Hall–Kier alpha value is -2.62. The Balaban J connectivity index is 1.62. The van der Waals surface area contributed by atoms with Gasteiger partial charge < -0.3 is 25.1 Å². The van der Waals surface area contributed by atoms with Crippen molar-refractivity contribution in [3.8, 4) is 15.6 Å². The van der Waals surface area contributed by atoms with Gasteiger partial charge in [0, 0.05) is 12.7 Å². The molecule has 0 aliphatic carbocycles. The minimum absolute atomic E-state index is 0.0747. The highest BCUT2D eigenvalue weighted by molar-refractivity contribution is 7.16. The van der Waals surface area contributed by atoms with Gasteiger partial charge in [-0.2, -0.15) is 4.98 Å². The lowest BCUT2D eigenvalue weighted by Crippen LogP contribution is -2.25. The fraction of sp³-hybridized carbons (Fsp3) is 0.350. The van der Waals surface area contributed by atoms with Crippen molar-refractivity contribution in [2.45, 2.75) is 20.3 Å². The van der Waals surface area contributed by atoms with Crippen LogP contribution in [0.25, 0.3) is 10.4 Å². The van der Waals surface area contributed by atoms with Gasteiger partial charge in [-0.3, -0.25) is 4.79 Å². The quantitative estimate of drug-likeness (QED) is 0.442. The molecular formula is C20H24ClN5O3S. The normalized spacial score (nSPS) is 11.1. The van der Waals surface area contributed by atoms with E-state index in [9.17, 15) is 4.79 Å². The number of ether oxygens (including phenoxy) is 1. The molecule has 0 radical (unpaired) electrons. The van der Waals surface area contributed by atoms with Crippen LogP contribution in [0.2, 0.25) is 5.02 Å². The Kier molecular flexibility index (Phi) is 7.67. The second-order valence-electron chi connectivity index (χ2n) is 6.44. The molecule has 0 bridgehead atoms. The summed E-state index contributed by atoms with van der Waals surface area (Å²) in [6, 6.07) is 5.29. The number of hydrogen-bond acceptors (Lipinski definition) is 8. The Morgan fingerprint density at radius 3 is 2.87 bits per heavy atom. The van der Waals surface area contributed by atoms with Gasteiger partial charge in [-0.25, -0.2) is 4.98 Å². The van der Waals surface area contributed by atoms with Crippen LogP contribution in [-0.4, -0.2) is 47.0 Å². The van der Waals surface area contributed by atoms with Gasteiger partial charge in [-0.15, -0.1) is 0 Å². The molecule has 0 unspecified atom stereocenters. The summed E-state index contributed by atoms with van der Waals surface area (Å²) in [7, 11) is 0. The first-order valence-corrected chi connectivity index (χ1v) is 10.8. The Labute approximate surface area is 184 Å². The molecule has 0 saturated heterocycles. The molecule has 30 heavy (non-hydrogen) atoms. The number of nitrogen functional groups attached to an aromatic ring is 1. The number of anilines is 2. The van der Waals surface area contributed by atoms with Crippen LogP contribution in [0.5, 0.6) is 5.19 Å². The number of amides is 1. The zero-order chi connectivity index (χ0) is 21.5. The molecule has 1 amide bonds. The number of carbonyl (C=O) groups is 1. The summed E-state index contributed by atoms with van der Waals surface area (Å²) in [4.78, 5) is 23.7. The first kappa shape index (κ1) is 22.1. The molecular weight excluding hydrogens is 426 g/mol. The third kappa shape index (κ3) is 5.71. The molecule has 0 atom stereocenters. The standard InChI is InChI=1S/C20H24ClN5O3S/c1-3-26(4-2)8-5-9-28-20-23-11-17(30-20)13-6-7-14(21)15(10-13)24-18(27)16-12-29-19(22)25-16/h6-7,10-12H,3-5,8-9H2,1-2H3,(H2,22,25)(H,24,27). The van der Waals surface area contributed by atoms with Gasteiger partial charge in [0.25, 0.3) is 17.1 Å². The lowest BCUT2D eigenvalue weighted by Gasteiger charge is -2.17. The van der Waals surface area contributed by atoms with Crippen molar-refractivity contribution in [2.24, 2.45) is 0 Å². The predicted molar refractivity (Wildman–Crippen MR) is 119 cm³/mol. The third-order valence-corrected chi connectivity index (χ3v) is 5.77. The molecule has 160 valence electrons. The number of nitrogens with zero attached hydrogens (tertiary/aromatic N) is 3. The maximum atomic E-state index is 12.3. The van der Waals surface area contributed by atoms with E-state index in [0.29, 0.717) is 22.5 Å². The van der Waals surface area contributed by atoms with Gasteiger partial charge in [0.05, 0.1) is 22.2 Å². The van der Waals surface area contributed by atoms with E-state index in [4.69, 9.17) is 26.5 Å². The van der Waals surface area contributed by atoms with Gasteiger partial charge in [0.1, 0.15) is 6.26 Å². The Morgan fingerprint density at radius 1 is 1.37 bits per heavy atom. The molecule has 3 N–H and O–H groups in total. The fourth-order valence-corrected chi connectivity index (χ4v) is 3.75. The maximum Gasteiger partial charge on any atom is 0.292 e. The SMILES string of the molecule is CCN(CC)CCCOc1ncc(-c2ccc(Cl)c(NC(=O)c3coc(N)n3)c2)s1. The summed E-state index contributed by atoms with van der Waals surface area (Å²) in [5.74, 6) is -0.462. The number of halogens is 1. The van der Waals surface area contributed by atoms with Crippen LogP contribution in [0, 0.1) is 0 Å². The Bertz CT molecular complexity index is 986. The molecule has 2 aromatic heterocycles. The zero-order valence-corrected chi connectivity index (χ0v) is 18.4.